The normalized spacial score (nSPS) is 18.3. The van der Waals surface area contributed by atoms with E-state index in [0.29, 0.717) is 12.5 Å². The molecular formula is C18H22N2O. The van der Waals surface area contributed by atoms with Crippen molar-refractivity contribution in [2.45, 2.75) is 25.3 Å². The molecule has 3 heteroatoms. The number of carbonyl (C=O) groups is 1. The monoisotopic (exact) mass is 282 g/mol. The molecule has 1 aliphatic heterocycles. The number of amides is 1. The molecule has 1 atom stereocenters. The number of fused-ring (bicyclic) bond motifs is 1. The quantitative estimate of drug-likeness (QED) is 0.935. The summed E-state index contributed by atoms with van der Waals surface area (Å²) < 4.78 is 0. The summed E-state index contributed by atoms with van der Waals surface area (Å²) in [6.45, 7) is 1.79. The van der Waals surface area contributed by atoms with Gasteiger partial charge in [-0.15, -0.1) is 0 Å². The number of benzene rings is 2. The van der Waals surface area contributed by atoms with Gasteiger partial charge in [0.2, 0.25) is 5.91 Å². The molecule has 2 aromatic rings. The Labute approximate surface area is 125 Å². The van der Waals surface area contributed by atoms with Crippen molar-refractivity contribution < 1.29 is 4.79 Å². The number of hydrogen-bond donors (Lipinski definition) is 1. The molecule has 3 rings (SSSR count). The molecule has 0 spiro atoms. The van der Waals surface area contributed by atoms with Crippen molar-refractivity contribution in [2.75, 3.05) is 20.1 Å². The number of nitrogens with zero attached hydrogens (tertiary/aromatic N) is 1. The second-order valence-corrected chi connectivity index (χ2v) is 5.76. The number of likely N-dealkylation sites (tertiary alicyclic amines) is 1. The maximum absolute atomic E-state index is 12.6. The van der Waals surface area contributed by atoms with Gasteiger partial charge in [-0.05, 0) is 36.2 Å². The van der Waals surface area contributed by atoms with E-state index in [2.05, 4.69) is 34.5 Å². The van der Waals surface area contributed by atoms with Crippen LogP contribution in [0.4, 0.5) is 0 Å². The second-order valence-electron chi connectivity index (χ2n) is 5.76. The summed E-state index contributed by atoms with van der Waals surface area (Å²) in [6.07, 6.45) is 2.73. The highest BCUT2D eigenvalue weighted by Gasteiger charge is 2.28. The van der Waals surface area contributed by atoms with E-state index in [1.54, 1.807) is 0 Å². The summed E-state index contributed by atoms with van der Waals surface area (Å²) in [5.74, 6) is 0.254. The first-order valence-corrected chi connectivity index (χ1v) is 7.70. The Balaban J connectivity index is 1.80. The van der Waals surface area contributed by atoms with E-state index in [4.69, 9.17) is 0 Å². The first-order valence-electron chi connectivity index (χ1n) is 7.70. The number of nitrogens with one attached hydrogen (secondary N) is 1. The molecular weight excluding hydrogens is 260 g/mol. The molecule has 1 N–H and O–H groups in total. The molecule has 0 bridgehead atoms. The Morgan fingerprint density at radius 3 is 2.90 bits per heavy atom. The third-order valence-corrected chi connectivity index (χ3v) is 4.36. The van der Waals surface area contributed by atoms with Crippen LogP contribution >= 0.6 is 0 Å². The molecule has 1 unspecified atom stereocenters. The molecule has 0 saturated carbocycles. The van der Waals surface area contributed by atoms with Crippen LogP contribution in [-0.4, -0.2) is 37.0 Å². The topological polar surface area (TPSA) is 32.3 Å². The van der Waals surface area contributed by atoms with Gasteiger partial charge < -0.3 is 10.2 Å². The van der Waals surface area contributed by atoms with Gasteiger partial charge in [0, 0.05) is 19.1 Å². The van der Waals surface area contributed by atoms with E-state index in [0.717, 1.165) is 31.5 Å². The van der Waals surface area contributed by atoms with E-state index in [-0.39, 0.29) is 5.91 Å². The maximum Gasteiger partial charge on any atom is 0.227 e. The average molecular weight is 282 g/mol. The van der Waals surface area contributed by atoms with Gasteiger partial charge in [0.1, 0.15) is 0 Å². The summed E-state index contributed by atoms with van der Waals surface area (Å²) in [5.41, 5.74) is 1.13. The lowest BCUT2D eigenvalue weighted by molar-refractivity contribution is -0.131. The zero-order valence-corrected chi connectivity index (χ0v) is 12.5. The van der Waals surface area contributed by atoms with Crippen LogP contribution in [0.2, 0.25) is 0 Å². The molecule has 0 radical (unpaired) electrons. The van der Waals surface area contributed by atoms with Gasteiger partial charge in [-0.2, -0.15) is 0 Å². The van der Waals surface area contributed by atoms with Crippen molar-refractivity contribution in [3.05, 3.63) is 48.0 Å². The van der Waals surface area contributed by atoms with E-state index in [1.807, 2.05) is 25.2 Å². The maximum atomic E-state index is 12.6. The van der Waals surface area contributed by atoms with Crippen LogP contribution in [0, 0.1) is 0 Å². The fourth-order valence-corrected chi connectivity index (χ4v) is 3.32. The van der Waals surface area contributed by atoms with Crippen molar-refractivity contribution in [1.82, 2.24) is 10.2 Å². The summed E-state index contributed by atoms with van der Waals surface area (Å²) in [5, 5.41) is 5.59. The molecule has 3 nitrogen and oxygen atoms in total. The lowest BCUT2D eigenvalue weighted by Gasteiger charge is -2.24. The Morgan fingerprint density at radius 1 is 1.24 bits per heavy atom. The predicted molar refractivity (Wildman–Crippen MR) is 86.3 cm³/mol. The highest BCUT2D eigenvalue weighted by atomic mass is 16.2. The summed E-state index contributed by atoms with van der Waals surface area (Å²) in [7, 11) is 1.95. The minimum atomic E-state index is 0.254. The zero-order valence-electron chi connectivity index (χ0n) is 12.5. The minimum absolute atomic E-state index is 0.254. The van der Waals surface area contributed by atoms with Gasteiger partial charge in [-0.3, -0.25) is 4.79 Å². The Kier molecular flexibility index (Phi) is 4.20. The third-order valence-electron chi connectivity index (χ3n) is 4.36. The fraction of sp³-hybridized carbons (Fsp3) is 0.389. The molecule has 1 saturated heterocycles. The van der Waals surface area contributed by atoms with Gasteiger partial charge in [-0.1, -0.05) is 42.5 Å². The zero-order chi connectivity index (χ0) is 14.7. The third kappa shape index (κ3) is 2.93. The van der Waals surface area contributed by atoms with Gasteiger partial charge in [0.05, 0.1) is 6.42 Å². The molecule has 21 heavy (non-hydrogen) atoms. The van der Waals surface area contributed by atoms with Crippen LogP contribution < -0.4 is 5.32 Å². The van der Waals surface area contributed by atoms with Gasteiger partial charge in [0.15, 0.2) is 0 Å². The SMILES string of the molecule is CNCC1CCCN1C(=O)Cc1cccc2ccccc12. The van der Waals surface area contributed by atoms with E-state index in [1.165, 1.54) is 10.8 Å². The van der Waals surface area contributed by atoms with Gasteiger partial charge >= 0.3 is 0 Å². The van der Waals surface area contributed by atoms with Crippen LogP contribution in [0.1, 0.15) is 18.4 Å². The Bertz CT molecular complexity index is 633. The predicted octanol–water partition coefficient (Wildman–Crippen LogP) is 2.59. The number of carbonyl (C=O) groups excluding carboxylic acids is 1. The van der Waals surface area contributed by atoms with Gasteiger partial charge in [-0.25, -0.2) is 0 Å². The van der Waals surface area contributed by atoms with Crippen molar-refractivity contribution in [2.24, 2.45) is 0 Å². The largest absolute Gasteiger partial charge is 0.338 e. The first kappa shape index (κ1) is 14.1. The van der Waals surface area contributed by atoms with Crippen LogP contribution in [0.15, 0.2) is 42.5 Å². The molecule has 2 aromatic carbocycles. The smallest absolute Gasteiger partial charge is 0.227 e. The van der Waals surface area contributed by atoms with Gasteiger partial charge in [0.25, 0.3) is 0 Å². The van der Waals surface area contributed by atoms with Crippen LogP contribution in [-0.2, 0) is 11.2 Å². The molecule has 1 amide bonds. The van der Waals surface area contributed by atoms with Crippen molar-refractivity contribution >= 4 is 16.7 Å². The second kappa shape index (κ2) is 6.27. The van der Waals surface area contributed by atoms with Crippen LogP contribution in [0.3, 0.4) is 0 Å². The molecule has 0 aromatic heterocycles. The highest BCUT2D eigenvalue weighted by Crippen LogP contribution is 2.22. The lowest BCUT2D eigenvalue weighted by atomic mass is 10.0. The van der Waals surface area contributed by atoms with E-state index >= 15 is 0 Å². The standard InChI is InChI=1S/C18H22N2O/c1-19-13-16-9-5-11-20(16)18(21)12-15-8-4-7-14-6-2-3-10-17(14)15/h2-4,6-8,10,16,19H,5,9,11-13H2,1H3. The summed E-state index contributed by atoms with van der Waals surface area (Å²) in [6, 6.07) is 14.9. The summed E-state index contributed by atoms with van der Waals surface area (Å²) >= 11 is 0. The molecule has 1 fully saturated rings. The molecule has 110 valence electrons. The fourth-order valence-electron chi connectivity index (χ4n) is 3.32. The van der Waals surface area contributed by atoms with Crippen molar-refractivity contribution in [3.8, 4) is 0 Å². The van der Waals surface area contributed by atoms with Crippen LogP contribution in [0.5, 0.6) is 0 Å². The first-order chi connectivity index (χ1) is 10.3. The Morgan fingerprint density at radius 2 is 2.05 bits per heavy atom. The minimum Gasteiger partial charge on any atom is -0.338 e. The summed E-state index contributed by atoms with van der Waals surface area (Å²) in [4.78, 5) is 14.7. The number of rotatable bonds is 4. The van der Waals surface area contributed by atoms with E-state index in [9.17, 15) is 4.79 Å². The van der Waals surface area contributed by atoms with Crippen molar-refractivity contribution in [1.29, 1.82) is 0 Å². The van der Waals surface area contributed by atoms with E-state index < -0.39 is 0 Å². The Hall–Kier alpha value is -1.87. The number of likely N-dealkylation sites (N-methyl/N-ethyl adjacent to an activating group) is 1. The van der Waals surface area contributed by atoms with Crippen LogP contribution in [0.25, 0.3) is 10.8 Å². The average Bonchev–Trinajstić information content (AvgIpc) is 2.96. The molecule has 0 aliphatic carbocycles. The van der Waals surface area contributed by atoms with Crippen molar-refractivity contribution in [3.63, 3.8) is 0 Å². The number of hydrogen-bond acceptors (Lipinski definition) is 2. The lowest BCUT2D eigenvalue weighted by Crippen LogP contribution is -2.41. The molecule has 1 aliphatic rings. The molecule has 1 heterocycles. The highest BCUT2D eigenvalue weighted by molar-refractivity contribution is 5.90.